The van der Waals surface area contributed by atoms with Gasteiger partial charge in [0.05, 0.1) is 41.1 Å². The highest BCUT2D eigenvalue weighted by Crippen LogP contribution is 2.40. The number of rotatable bonds is 5. The van der Waals surface area contributed by atoms with E-state index in [0.717, 1.165) is 11.4 Å². The Morgan fingerprint density at radius 1 is 1.06 bits per heavy atom. The SMILES string of the molecule is CCOc1cc(C(N)=O)ccc1Nc1cc2c(cn1)N(C)C(=O)c1ccccc1N2C. The molecule has 0 spiro atoms. The average molecular weight is 417 g/mol. The van der Waals surface area contributed by atoms with Crippen molar-refractivity contribution >= 4 is 40.4 Å². The van der Waals surface area contributed by atoms with E-state index in [0.29, 0.717) is 40.7 Å². The van der Waals surface area contributed by atoms with E-state index < -0.39 is 5.91 Å². The molecule has 158 valence electrons. The summed E-state index contributed by atoms with van der Waals surface area (Å²) in [5, 5.41) is 3.25. The molecule has 0 atom stereocenters. The molecule has 0 fully saturated rings. The van der Waals surface area contributed by atoms with Crippen molar-refractivity contribution in [1.29, 1.82) is 0 Å². The highest BCUT2D eigenvalue weighted by molar-refractivity contribution is 6.13. The minimum absolute atomic E-state index is 0.0932. The summed E-state index contributed by atoms with van der Waals surface area (Å²) < 4.78 is 5.67. The predicted molar refractivity (Wildman–Crippen MR) is 121 cm³/mol. The first-order valence-corrected chi connectivity index (χ1v) is 9.85. The lowest BCUT2D eigenvalue weighted by atomic mass is 10.1. The number of benzene rings is 2. The lowest BCUT2D eigenvalue weighted by Gasteiger charge is -2.23. The molecular formula is C23H23N5O3. The smallest absolute Gasteiger partial charge is 0.260 e. The fraction of sp³-hybridized carbons (Fsp3) is 0.174. The molecule has 8 heteroatoms. The van der Waals surface area contributed by atoms with Crippen molar-refractivity contribution in [2.75, 3.05) is 35.8 Å². The molecular weight excluding hydrogens is 394 g/mol. The van der Waals surface area contributed by atoms with E-state index in [4.69, 9.17) is 10.5 Å². The molecule has 3 aromatic rings. The maximum Gasteiger partial charge on any atom is 0.260 e. The van der Waals surface area contributed by atoms with Crippen LogP contribution in [-0.2, 0) is 0 Å². The Kier molecular flexibility index (Phi) is 5.21. The van der Waals surface area contributed by atoms with Crippen molar-refractivity contribution in [2.45, 2.75) is 6.92 Å². The van der Waals surface area contributed by atoms with Gasteiger partial charge >= 0.3 is 0 Å². The summed E-state index contributed by atoms with van der Waals surface area (Å²) in [6.07, 6.45) is 1.66. The number of anilines is 5. The molecule has 8 nitrogen and oxygen atoms in total. The third-order valence-corrected chi connectivity index (χ3v) is 5.21. The molecule has 2 heterocycles. The maximum absolute atomic E-state index is 12.9. The van der Waals surface area contributed by atoms with Crippen LogP contribution in [0.25, 0.3) is 0 Å². The lowest BCUT2D eigenvalue weighted by molar-refractivity contribution is 0.0988. The first-order chi connectivity index (χ1) is 14.9. The molecule has 1 aliphatic heterocycles. The minimum atomic E-state index is -0.524. The van der Waals surface area contributed by atoms with Gasteiger partial charge in [-0.15, -0.1) is 0 Å². The fourth-order valence-corrected chi connectivity index (χ4v) is 3.59. The molecule has 4 rings (SSSR count). The van der Waals surface area contributed by atoms with Crippen LogP contribution in [0.2, 0.25) is 0 Å². The minimum Gasteiger partial charge on any atom is -0.492 e. The molecule has 31 heavy (non-hydrogen) atoms. The van der Waals surface area contributed by atoms with Crippen molar-refractivity contribution in [3.63, 3.8) is 0 Å². The van der Waals surface area contributed by atoms with Gasteiger partial charge in [-0.2, -0.15) is 0 Å². The monoisotopic (exact) mass is 417 g/mol. The van der Waals surface area contributed by atoms with Gasteiger partial charge < -0.3 is 25.6 Å². The number of para-hydroxylation sites is 1. The number of nitrogens with zero attached hydrogens (tertiary/aromatic N) is 3. The first-order valence-electron chi connectivity index (χ1n) is 9.85. The Hall–Kier alpha value is -4.07. The number of hydrogen-bond donors (Lipinski definition) is 2. The second kappa shape index (κ2) is 7.98. The van der Waals surface area contributed by atoms with Gasteiger partial charge in [-0.25, -0.2) is 4.98 Å². The molecule has 2 amide bonds. The van der Waals surface area contributed by atoms with Gasteiger partial charge in [0.25, 0.3) is 5.91 Å². The molecule has 0 radical (unpaired) electrons. The topological polar surface area (TPSA) is 101 Å². The van der Waals surface area contributed by atoms with Crippen LogP contribution in [0.1, 0.15) is 27.6 Å². The molecule has 2 aromatic carbocycles. The van der Waals surface area contributed by atoms with E-state index in [9.17, 15) is 9.59 Å². The lowest BCUT2D eigenvalue weighted by Crippen LogP contribution is -2.25. The summed E-state index contributed by atoms with van der Waals surface area (Å²) in [6.45, 7) is 2.29. The summed E-state index contributed by atoms with van der Waals surface area (Å²) in [5.74, 6) is 0.452. The van der Waals surface area contributed by atoms with Crippen LogP contribution in [0.15, 0.2) is 54.7 Å². The van der Waals surface area contributed by atoms with E-state index in [1.165, 1.54) is 0 Å². The van der Waals surface area contributed by atoms with E-state index >= 15 is 0 Å². The fourth-order valence-electron chi connectivity index (χ4n) is 3.59. The summed E-state index contributed by atoms with van der Waals surface area (Å²) in [6, 6.07) is 14.3. The average Bonchev–Trinajstić information content (AvgIpc) is 2.85. The van der Waals surface area contributed by atoms with Crippen LogP contribution in [0.4, 0.5) is 28.6 Å². The van der Waals surface area contributed by atoms with Crippen molar-refractivity contribution < 1.29 is 14.3 Å². The number of carbonyl (C=O) groups excluding carboxylic acids is 2. The third kappa shape index (κ3) is 3.63. The first kappa shape index (κ1) is 20.2. The zero-order valence-corrected chi connectivity index (χ0v) is 17.5. The summed E-state index contributed by atoms with van der Waals surface area (Å²) in [5.41, 5.74) is 9.36. The van der Waals surface area contributed by atoms with E-state index in [2.05, 4.69) is 10.3 Å². The Balaban J connectivity index is 1.75. The van der Waals surface area contributed by atoms with Crippen molar-refractivity contribution in [1.82, 2.24) is 4.98 Å². The molecule has 0 aliphatic carbocycles. The Bertz CT molecular complexity index is 1180. The summed E-state index contributed by atoms with van der Waals surface area (Å²) >= 11 is 0. The normalized spacial score (nSPS) is 12.7. The van der Waals surface area contributed by atoms with Crippen LogP contribution in [-0.4, -0.2) is 37.5 Å². The van der Waals surface area contributed by atoms with Gasteiger partial charge in [0.2, 0.25) is 5.91 Å². The highest BCUT2D eigenvalue weighted by Gasteiger charge is 2.27. The van der Waals surface area contributed by atoms with Gasteiger partial charge in [-0.3, -0.25) is 9.59 Å². The standard InChI is InChI=1S/C23H23N5O3/c1-4-31-20-11-14(22(24)29)9-10-16(20)26-21-12-18-19(13-25-21)28(3)23(30)15-7-5-6-8-17(15)27(18)2/h5-13H,4H2,1-3H3,(H2,24,29)(H,25,26). The molecule has 0 saturated carbocycles. The number of hydrogen-bond acceptors (Lipinski definition) is 6. The van der Waals surface area contributed by atoms with Gasteiger partial charge in [0, 0.05) is 25.7 Å². The van der Waals surface area contributed by atoms with Crippen LogP contribution in [0, 0.1) is 0 Å². The molecule has 1 aromatic heterocycles. The number of nitrogens with one attached hydrogen (secondary N) is 1. The predicted octanol–water partition coefficient (Wildman–Crippen LogP) is 3.68. The van der Waals surface area contributed by atoms with Crippen LogP contribution in [0.5, 0.6) is 5.75 Å². The van der Waals surface area contributed by atoms with Gasteiger partial charge in [0.15, 0.2) is 0 Å². The molecule has 0 saturated heterocycles. The number of pyridine rings is 1. The maximum atomic E-state index is 12.9. The third-order valence-electron chi connectivity index (χ3n) is 5.21. The number of ether oxygens (including phenoxy) is 1. The van der Waals surface area contributed by atoms with E-state index in [-0.39, 0.29) is 5.91 Å². The van der Waals surface area contributed by atoms with Gasteiger partial charge in [-0.05, 0) is 37.3 Å². The number of aromatic nitrogens is 1. The molecule has 1 aliphatic rings. The summed E-state index contributed by atoms with van der Waals surface area (Å²) in [4.78, 5) is 32.5. The number of amides is 2. The number of fused-ring (bicyclic) bond motifs is 2. The highest BCUT2D eigenvalue weighted by atomic mass is 16.5. The van der Waals surface area contributed by atoms with Crippen LogP contribution in [0.3, 0.4) is 0 Å². The zero-order valence-electron chi connectivity index (χ0n) is 17.5. The Morgan fingerprint density at radius 3 is 2.58 bits per heavy atom. The van der Waals surface area contributed by atoms with Crippen molar-refractivity contribution in [3.05, 3.63) is 65.9 Å². The van der Waals surface area contributed by atoms with Crippen molar-refractivity contribution in [3.8, 4) is 5.75 Å². The van der Waals surface area contributed by atoms with E-state index in [1.54, 1.807) is 36.3 Å². The second-order valence-electron chi connectivity index (χ2n) is 7.13. The largest absolute Gasteiger partial charge is 0.492 e. The number of carbonyl (C=O) groups is 2. The molecule has 0 bridgehead atoms. The molecule has 3 N–H and O–H groups in total. The number of nitrogens with two attached hydrogens (primary N) is 1. The van der Waals surface area contributed by atoms with E-state index in [1.807, 2.05) is 49.2 Å². The van der Waals surface area contributed by atoms with Crippen molar-refractivity contribution in [2.24, 2.45) is 5.73 Å². The zero-order chi connectivity index (χ0) is 22.1. The Labute approximate surface area is 180 Å². The number of primary amides is 1. The second-order valence-corrected chi connectivity index (χ2v) is 7.13. The summed E-state index contributed by atoms with van der Waals surface area (Å²) in [7, 11) is 3.66. The quantitative estimate of drug-likeness (QED) is 0.657. The van der Waals surface area contributed by atoms with Crippen LogP contribution < -0.4 is 25.6 Å². The van der Waals surface area contributed by atoms with Gasteiger partial charge in [-0.1, -0.05) is 12.1 Å². The van der Waals surface area contributed by atoms with Crippen LogP contribution >= 0.6 is 0 Å². The van der Waals surface area contributed by atoms with Gasteiger partial charge in [0.1, 0.15) is 11.6 Å². The molecule has 0 unspecified atom stereocenters. The Morgan fingerprint density at radius 2 is 1.84 bits per heavy atom.